The van der Waals surface area contributed by atoms with E-state index in [1.807, 2.05) is 0 Å². The van der Waals surface area contributed by atoms with E-state index in [1.54, 1.807) is 19.1 Å². The first-order chi connectivity index (χ1) is 6.15. The smallest absolute Gasteiger partial charge is 0.339 e. The van der Waals surface area contributed by atoms with Crippen molar-refractivity contribution < 1.29 is 14.6 Å². The second kappa shape index (κ2) is 4.00. The third-order valence-electron chi connectivity index (χ3n) is 1.64. The summed E-state index contributed by atoms with van der Waals surface area (Å²) in [5.41, 5.74) is 0.916. The van der Waals surface area contributed by atoms with Gasteiger partial charge in [0.05, 0.1) is 24.5 Å². The van der Waals surface area contributed by atoms with Crippen molar-refractivity contribution >= 4 is 5.97 Å². The molecule has 1 aromatic rings. The number of hydrogen-bond acceptors (Lipinski definition) is 4. The van der Waals surface area contributed by atoms with Gasteiger partial charge in [-0.25, -0.2) is 4.79 Å². The lowest BCUT2D eigenvalue weighted by Crippen LogP contribution is -2.03. The highest BCUT2D eigenvalue weighted by Gasteiger charge is 2.07. The number of aliphatic hydroxyl groups is 1. The average Bonchev–Trinajstić information content (AvgIpc) is 2.17. The van der Waals surface area contributed by atoms with Gasteiger partial charge < -0.3 is 9.84 Å². The number of methoxy groups -OCH3 is 1. The lowest BCUT2D eigenvalue weighted by molar-refractivity contribution is 0.0600. The van der Waals surface area contributed by atoms with Crippen molar-refractivity contribution in [2.75, 3.05) is 7.11 Å². The lowest BCUT2D eigenvalue weighted by Gasteiger charge is -2.03. The van der Waals surface area contributed by atoms with Crippen LogP contribution in [0.25, 0.3) is 0 Å². The van der Waals surface area contributed by atoms with Crippen LogP contribution in [-0.2, 0) is 4.74 Å². The number of carbonyl (C=O) groups excluding carboxylic acids is 1. The molecule has 0 aromatic carbocycles. The fourth-order valence-corrected chi connectivity index (χ4v) is 0.891. The summed E-state index contributed by atoms with van der Waals surface area (Å²) in [6.07, 6.45) is 0.764. The molecule has 0 saturated heterocycles. The molecule has 0 bridgehead atoms. The molecule has 4 nitrogen and oxygen atoms in total. The van der Waals surface area contributed by atoms with Gasteiger partial charge in [-0.2, -0.15) is 0 Å². The summed E-state index contributed by atoms with van der Waals surface area (Å²) in [6.45, 7) is 1.61. The zero-order valence-electron chi connectivity index (χ0n) is 7.52. The van der Waals surface area contributed by atoms with Crippen LogP contribution in [0.3, 0.4) is 0 Å². The molecular formula is C9H11NO3. The van der Waals surface area contributed by atoms with Gasteiger partial charge in [0.15, 0.2) is 0 Å². The molecule has 0 aliphatic carbocycles. The number of ether oxygens (including phenoxy) is 1. The van der Waals surface area contributed by atoms with Crippen LogP contribution < -0.4 is 0 Å². The summed E-state index contributed by atoms with van der Waals surface area (Å²) < 4.78 is 4.50. The molecule has 0 amide bonds. The number of rotatable bonds is 2. The first-order valence-corrected chi connectivity index (χ1v) is 3.87. The molecule has 1 rings (SSSR count). The molecule has 1 atom stereocenters. The summed E-state index contributed by atoms with van der Waals surface area (Å²) in [4.78, 5) is 14.9. The predicted octanol–water partition coefficient (Wildman–Crippen LogP) is 0.921. The molecule has 1 heterocycles. The van der Waals surface area contributed by atoms with Crippen molar-refractivity contribution in [1.29, 1.82) is 0 Å². The molecule has 1 aromatic heterocycles. The van der Waals surface area contributed by atoms with Crippen LogP contribution in [0.1, 0.15) is 29.1 Å². The summed E-state index contributed by atoms with van der Waals surface area (Å²) in [6, 6.07) is 3.16. The number of aromatic nitrogens is 1. The standard InChI is InChI=1S/C9H11NO3/c1-6(11)8-4-3-7(5-10-8)9(12)13-2/h3-6,11H,1-2H3/t6-/m1/s1. The first-order valence-electron chi connectivity index (χ1n) is 3.87. The van der Waals surface area contributed by atoms with Crippen LogP contribution >= 0.6 is 0 Å². The van der Waals surface area contributed by atoms with Crippen molar-refractivity contribution in [3.8, 4) is 0 Å². The number of aliphatic hydroxyl groups excluding tert-OH is 1. The Balaban J connectivity index is 2.87. The van der Waals surface area contributed by atoms with E-state index >= 15 is 0 Å². The minimum atomic E-state index is -0.619. The Labute approximate surface area is 76.2 Å². The fraction of sp³-hybridized carbons (Fsp3) is 0.333. The second-order valence-corrected chi connectivity index (χ2v) is 2.64. The van der Waals surface area contributed by atoms with Crippen LogP contribution in [0.5, 0.6) is 0 Å². The van der Waals surface area contributed by atoms with Crippen LogP contribution in [0.15, 0.2) is 18.3 Å². The Kier molecular flexibility index (Phi) is 2.97. The number of hydrogen-bond donors (Lipinski definition) is 1. The summed E-state index contributed by atoms with van der Waals surface area (Å²) in [5.74, 6) is -0.426. The molecule has 0 unspecified atom stereocenters. The molecule has 1 N–H and O–H groups in total. The van der Waals surface area contributed by atoms with Crippen molar-refractivity contribution in [3.05, 3.63) is 29.6 Å². The fourth-order valence-electron chi connectivity index (χ4n) is 0.891. The number of esters is 1. The van der Waals surface area contributed by atoms with Gasteiger partial charge in [0.25, 0.3) is 0 Å². The molecule has 0 aliphatic rings. The number of pyridine rings is 1. The van der Waals surface area contributed by atoms with E-state index in [-0.39, 0.29) is 0 Å². The van der Waals surface area contributed by atoms with Gasteiger partial charge in [-0.3, -0.25) is 4.98 Å². The summed E-state index contributed by atoms with van der Waals surface area (Å²) in [5, 5.41) is 9.13. The Morgan fingerprint density at radius 1 is 1.62 bits per heavy atom. The van der Waals surface area contributed by atoms with E-state index in [0.29, 0.717) is 11.3 Å². The molecule has 0 radical (unpaired) electrons. The molecular weight excluding hydrogens is 170 g/mol. The predicted molar refractivity (Wildman–Crippen MR) is 46.2 cm³/mol. The van der Waals surface area contributed by atoms with Crippen molar-refractivity contribution in [3.63, 3.8) is 0 Å². The highest BCUT2D eigenvalue weighted by molar-refractivity contribution is 5.88. The van der Waals surface area contributed by atoms with E-state index in [0.717, 1.165) is 0 Å². The van der Waals surface area contributed by atoms with Gasteiger partial charge in [-0.05, 0) is 19.1 Å². The quantitative estimate of drug-likeness (QED) is 0.689. The van der Waals surface area contributed by atoms with E-state index in [2.05, 4.69) is 9.72 Å². The Hall–Kier alpha value is -1.42. The second-order valence-electron chi connectivity index (χ2n) is 2.64. The number of carbonyl (C=O) groups is 1. The summed E-state index contributed by atoms with van der Waals surface area (Å²) >= 11 is 0. The van der Waals surface area contributed by atoms with E-state index < -0.39 is 12.1 Å². The van der Waals surface area contributed by atoms with Gasteiger partial charge >= 0.3 is 5.97 Å². The van der Waals surface area contributed by atoms with Crippen LogP contribution in [-0.4, -0.2) is 23.2 Å². The van der Waals surface area contributed by atoms with Gasteiger partial charge in [0, 0.05) is 6.20 Å². The first kappa shape index (κ1) is 9.67. The van der Waals surface area contributed by atoms with E-state index in [1.165, 1.54) is 13.3 Å². The molecule has 0 aliphatic heterocycles. The normalized spacial score (nSPS) is 12.2. The van der Waals surface area contributed by atoms with Crippen molar-refractivity contribution in [2.24, 2.45) is 0 Å². The Bertz CT molecular complexity index is 292. The van der Waals surface area contributed by atoms with Gasteiger partial charge in [-0.1, -0.05) is 0 Å². The maximum Gasteiger partial charge on any atom is 0.339 e. The van der Waals surface area contributed by atoms with Gasteiger partial charge in [-0.15, -0.1) is 0 Å². The Morgan fingerprint density at radius 2 is 2.31 bits per heavy atom. The number of nitrogens with zero attached hydrogens (tertiary/aromatic N) is 1. The third kappa shape index (κ3) is 2.26. The van der Waals surface area contributed by atoms with E-state index in [4.69, 9.17) is 5.11 Å². The molecule has 70 valence electrons. The SMILES string of the molecule is COC(=O)c1ccc([C@@H](C)O)nc1. The maximum absolute atomic E-state index is 11.0. The zero-order valence-corrected chi connectivity index (χ0v) is 7.52. The van der Waals surface area contributed by atoms with Crippen LogP contribution in [0.4, 0.5) is 0 Å². The van der Waals surface area contributed by atoms with Gasteiger partial charge in [0.2, 0.25) is 0 Å². The highest BCUT2D eigenvalue weighted by atomic mass is 16.5. The molecule has 0 fully saturated rings. The molecule has 0 spiro atoms. The van der Waals surface area contributed by atoms with Crippen LogP contribution in [0.2, 0.25) is 0 Å². The van der Waals surface area contributed by atoms with Crippen molar-refractivity contribution in [2.45, 2.75) is 13.0 Å². The molecule has 4 heteroatoms. The highest BCUT2D eigenvalue weighted by Crippen LogP contribution is 2.09. The monoisotopic (exact) mass is 181 g/mol. The molecule has 0 saturated carbocycles. The Morgan fingerprint density at radius 3 is 2.69 bits per heavy atom. The third-order valence-corrected chi connectivity index (χ3v) is 1.64. The van der Waals surface area contributed by atoms with Crippen LogP contribution in [0, 0.1) is 0 Å². The average molecular weight is 181 g/mol. The minimum absolute atomic E-state index is 0.381. The van der Waals surface area contributed by atoms with Gasteiger partial charge in [0.1, 0.15) is 0 Å². The summed E-state index contributed by atoms with van der Waals surface area (Å²) in [7, 11) is 1.31. The topological polar surface area (TPSA) is 59.4 Å². The minimum Gasteiger partial charge on any atom is -0.465 e. The lowest BCUT2D eigenvalue weighted by atomic mass is 10.2. The van der Waals surface area contributed by atoms with E-state index in [9.17, 15) is 4.79 Å². The van der Waals surface area contributed by atoms with Crippen molar-refractivity contribution in [1.82, 2.24) is 4.98 Å². The largest absolute Gasteiger partial charge is 0.465 e. The molecule has 13 heavy (non-hydrogen) atoms. The maximum atomic E-state index is 11.0. The zero-order chi connectivity index (χ0) is 9.84.